The van der Waals surface area contributed by atoms with E-state index in [-0.39, 0.29) is 11.8 Å². The van der Waals surface area contributed by atoms with Gasteiger partial charge in [0.25, 0.3) is 11.8 Å². The first kappa shape index (κ1) is 17.7. The Morgan fingerprint density at radius 1 is 1.19 bits per heavy atom. The van der Waals surface area contributed by atoms with Gasteiger partial charge in [-0.15, -0.1) is 0 Å². The van der Waals surface area contributed by atoms with Crippen LogP contribution >= 0.6 is 0 Å². The van der Waals surface area contributed by atoms with Gasteiger partial charge in [-0.05, 0) is 61.2 Å². The smallest absolute Gasteiger partial charge is 0.253 e. The van der Waals surface area contributed by atoms with E-state index in [1.807, 2.05) is 19.1 Å². The molecule has 1 aliphatic carbocycles. The standard InChI is InChI=1S/C21H21N3O2/c1-14-11-17(7-10-19(14)20(25)23-18-8-9-18)21(26)24(2)13-16-5-3-15(12-22)4-6-16/h3-7,10-11,18H,8-9,13H2,1-2H3,(H,23,25). The first-order valence-corrected chi connectivity index (χ1v) is 8.64. The number of carbonyl (C=O) groups excluding carboxylic acids is 2. The highest BCUT2D eigenvalue weighted by Gasteiger charge is 2.24. The zero-order chi connectivity index (χ0) is 18.7. The number of hydrogen-bond donors (Lipinski definition) is 1. The predicted octanol–water partition coefficient (Wildman–Crippen LogP) is 3.03. The van der Waals surface area contributed by atoms with Crippen molar-refractivity contribution in [2.24, 2.45) is 0 Å². The van der Waals surface area contributed by atoms with Gasteiger partial charge in [0.05, 0.1) is 11.6 Å². The Labute approximate surface area is 153 Å². The topological polar surface area (TPSA) is 73.2 Å². The van der Waals surface area contributed by atoms with Gasteiger partial charge in [-0.3, -0.25) is 9.59 Å². The molecule has 0 bridgehead atoms. The molecule has 2 aromatic carbocycles. The highest BCUT2D eigenvalue weighted by molar-refractivity contribution is 5.99. The maximum absolute atomic E-state index is 12.7. The van der Waals surface area contributed by atoms with Crippen molar-refractivity contribution in [3.63, 3.8) is 0 Å². The molecule has 0 aliphatic heterocycles. The fourth-order valence-corrected chi connectivity index (χ4v) is 2.79. The Hall–Kier alpha value is -3.13. The van der Waals surface area contributed by atoms with E-state index >= 15 is 0 Å². The first-order chi connectivity index (χ1) is 12.5. The summed E-state index contributed by atoms with van der Waals surface area (Å²) < 4.78 is 0. The van der Waals surface area contributed by atoms with Gasteiger partial charge in [0.1, 0.15) is 0 Å². The van der Waals surface area contributed by atoms with Crippen LogP contribution in [0.15, 0.2) is 42.5 Å². The number of benzene rings is 2. The molecule has 5 heteroatoms. The van der Waals surface area contributed by atoms with E-state index in [1.54, 1.807) is 42.3 Å². The number of aryl methyl sites for hydroxylation is 1. The fourth-order valence-electron chi connectivity index (χ4n) is 2.79. The Bertz CT molecular complexity index is 877. The van der Waals surface area contributed by atoms with Crippen LogP contribution in [0.1, 0.15) is 50.2 Å². The molecule has 0 heterocycles. The fraction of sp³-hybridized carbons (Fsp3) is 0.286. The maximum Gasteiger partial charge on any atom is 0.253 e. The van der Waals surface area contributed by atoms with Crippen LogP contribution in [0.2, 0.25) is 0 Å². The molecule has 26 heavy (non-hydrogen) atoms. The number of nitrogens with one attached hydrogen (secondary N) is 1. The molecule has 0 aromatic heterocycles. The summed E-state index contributed by atoms with van der Waals surface area (Å²) in [4.78, 5) is 26.5. The Balaban J connectivity index is 1.68. The van der Waals surface area contributed by atoms with Crippen molar-refractivity contribution in [2.45, 2.75) is 32.4 Å². The molecule has 2 aromatic rings. The Kier molecular flexibility index (Phi) is 5.04. The molecule has 2 amide bonds. The monoisotopic (exact) mass is 347 g/mol. The predicted molar refractivity (Wildman–Crippen MR) is 98.6 cm³/mol. The van der Waals surface area contributed by atoms with Crippen LogP contribution in [0.5, 0.6) is 0 Å². The molecule has 0 saturated heterocycles. The number of amides is 2. The highest BCUT2D eigenvalue weighted by Crippen LogP contribution is 2.20. The summed E-state index contributed by atoms with van der Waals surface area (Å²) in [6.45, 7) is 2.30. The second-order valence-electron chi connectivity index (χ2n) is 6.75. The summed E-state index contributed by atoms with van der Waals surface area (Å²) in [5.74, 6) is -0.179. The van der Waals surface area contributed by atoms with E-state index in [0.717, 1.165) is 24.0 Å². The van der Waals surface area contributed by atoms with E-state index in [0.29, 0.717) is 29.3 Å². The average Bonchev–Trinajstić information content (AvgIpc) is 3.45. The van der Waals surface area contributed by atoms with Crippen molar-refractivity contribution < 1.29 is 9.59 Å². The molecule has 1 aliphatic rings. The lowest BCUT2D eigenvalue weighted by atomic mass is 10.0. The molecular formula is C21H21N3O2. The Morgan fingerprint density at radius 2 is 1.88 bits per heavy atom. The lowest BCUT2D eigenvalue weighted by Crippen LogP contribution is -2.28. The molecule has 5 nitrogen and oxygen atoms in total. The van der Waals surface area contributed by atoms with Crippen LogP contribution in [-0.2, 0) is 6.54 Å². The maximum atomic E-state index is 12.7. The molecule has 0 spiro atoms. The molecule has 0 unspecified atom stereocenters. The summed E-state index contributed by atoms with van der Waals surface area (Å²) in [5, 5.41) is 11.8. The van der Waals surface area contributed by atoms with Gasteiger partial charge in [-0.25, -0.2) is 0 Å². The summed E-state index contributed by atoms with van der Waals surface area (Å²) >= 11 is 0. The lowest BCUT2D eigenvalue weighted by Gasteiger charge is -2.18. The zero-order valence-electron chi connectivity index (χ0n) is 15.0. The minimum atomic E-state index is -0.105. The van der Waals surface area contributed by atoms with E-state index in [4.69, 9.17) is 5.26 Å². The second kappa shape index (κ2) is 7.40. The van der Waals surface area contributed by atoms with Gasteiger partial charge in [0.2, 0.25) is 0 Å². The number of carbonyl (C=O) groups is 2. The van der Waals surface area contributed by atoms with Crippen molar-refractivity contribution in [1.29, 1.82) is 5.26 Å². The van der Waals surface area contributed by atoms with Crippen molar-refractivity contribution in [1.82, 2.24) is 10.2 Å². The van der Waals surface area contributed by atoms with E-state index < -0.39 is 0 Å². The molecule has 1 fully saturated rings. The zero-order valence-corrected chi connectivity index (χ0v) is 15.0. The van der Waals surface area contributed by atoms with Crippen molar-refractivity contribution in [2.75, 3.05) is 7.05 Å². The van der Waals surface area contributed by atoms with Crippen LogP contribution in [0, 0.1) is 18.3 Å². The normalized spacial score (nSPS) is 13.0. The minimum absolute atomic E-state index is 0.0741. The summed E-state index contributed by atoms with van der Waals surface area (Å²) in [5.41, 5.74) is 3.51. The van der Waals surface area contributed by atoms with Gasteiger partial charge in [-0.1, -0.05) is 12.1 Å². The molecule has 3 rings (SSSR count). The third-order valence-electron chi connectivity index (χ3n) is 4.48. The second-order valence-corrected chi connectivity index (χ2v) is 6.75. The first-order valence-electron chi connectivity index (χ1n) is 8.64. The third-order valence-corrected chi connectivity index (χ3v) is 4.48. The van der Waals surface area contributed by atoms with Crippen LogP contribution in [0.4, 0.5) is 0 Å². The van der Waals surface area contributed by atoms with E-state index in [9.17, 15) is 9.59 Å². The molecule has 1 saturated carbocycles. The van der Waals surface area contributed by atoms with Gasteiger partial charge < -0.3 is 10.2 Å². The number of nitriles is 1. The molecular weight excluding hydrogens is 326 g/mol. The molecule has 132 valence electrons. The van der Waals surface area contributed by atoms with E-state index in [2.05, 4.69) is 11.4 Å². The van der Waals surface area contributed by atoms with Gasteiger partial charge in [0.15, 0.2) is 0 Å². The number of hydrogen-bond acceptors (Lipinski definition) is 3. The van der Waals surface area contributed by atoms with Crippen LogP contribution in [-0.4, -0.2) is 29.8 Å². The van der Waals surface area contributed by atoms with Crippen molar-refractivity contribution in [3.05, 3.63) is 70.3 Å². The van der Waals surface area contributed by atoms with Crippen LogP contribution in [0.3, 0.4) is 0 Å². The lowest BCUT2D eigenvalue weighted by molar-refractivity contribution is 0.0784. The Morgan fingerprint density at radius 3 is 2.46 bits per heavy atom. The SMILES string of the molecule is Cc1cc(C(=O)N(C)Cc2ccc(C#N)cc2)ccc1C(=O)NC1CC1. The van der Waals surface area contributed by atoms with Crippen molar-refractivity contribution in [3.8, 4) is 6.07 Å². The number of rotatable bonds is 5. The van der Waals surface area contributed by atoms with E-state index in [1.165, 1.54) is 0 Å². The summed E-state index contributed by atoms with van der Waals surface area (Å²) in [6.07, 6.45) is 2.09. The van der Waals surface area contributed by atoms with Gasteiger partial charge >= 0.3 is 0 Å². The van der Waals surface area contributed by atoms with Crippen LogP contribution < -0.4 is 5.32 Å². The summed E-state index contributed by atoms with van der Waals surface area (Å²) in [6, 6.07) is 14.7. The molecule has 0 atom stereocenters. The molecule has 0 radical (unpaired) electrons. The van der Waals surface area contributed by atoms with Crippen molar-refractivity contribution >= 4 is 11.8 Å². The van der Waals surface area contributed by atoms with Gasteiger partial charge in [-0.2, -0.15) is 5.26 Å². The molecule has 1 N–H and O–H groups in total. The van der Waals surface area contributed by atoms with Gasteiger partial charge in [0, 0.05) is 30.8 Å². The number of nitrogens with zero attached hydrogens (tertiary/aromatic N) is 2. The largest absolute Gasteiger partial charge is 0.349 e. The van der Waals surface area contributed by atoms with Crippen LogP contribution in [0.25, 0.3) is 0 Å². The average molecular weight is 347 g/mol. The third kappa shape index (κ3) is 4.09. The highest BCUT2D eigenvalue weighted by atomic mass is 16.2. The quantitative estimate of drug-likeness (QED) is 0.903. The minimum Gasteiger partial charge on any atom is -0.349 e. The summed E-state index contributed by atoms with van der Waals surface area (Å²) in [7, 11) is 1.74.